The molecule has 1 aromatic rings. The minimum absolute atomic E-state index is 0.388. The van der Waals surface area contributed by atoms with Crippen molar-refractivity contribution < 1.29 is 10.2 Å². The largest absolute Gasteiger partial charge is 0.351 e. The van der Waals surface area contributed by atoms with Gasteiger partial charge in [-0.05, 0) is 36.5 Å². The maximum Gasteiger partial charge on any atom is 0.232 e. The summed E-state index contributed by atoms with van der Waals surface area (Å²) in [4.78, 5) is 0.388. The summed E-state index contributed by atoms with van der Waals surface area (Å²) in [5.74, 6) is 0. The summed E-state index contributed by atoms with van der Waals surface area (Å²) < 4.78 is 0. The summed E-state index contributed by atoms with van der Waals surface area (Å²) in [5.41, 5.74) is 3.28. The molecule has 1 unspecified atom stereocenters. The van der Waals surface area contributed by atoms with Gasteiger partial charge in [-0.1, -0.05) is 28.1 Å². The van der Waals surface area contributed by atoms with E-state index in [-0.39, 0.29) is 0 Å². The minimum Gasteiger partial charge on any atom is -0.351 e. The quantitative estimate of drug-likeness (QED) is 0.571. The maximum atomic E-state index is 8.91. The van der Waals surface area contributed by atoms with E-state index in [9.17, 15) is 0 Å². The first-order valence-corrected chi connectivity index (χ1v) is 5.98. The van der Waals surface area contributed by atoms with Crippen molar-refractivity contribution in [3.63, 3.8) is 0 Å². The van der Waals surface area contributed by atoms with Crippen LogP contribution in [-0.4, -0.2) is 16.6 Å². The van der Waals surface area contributed by atoms with Gasteiger partial charge in [0.25, 0.3) is 0 Å². The van der Waals surface area contributed by atoms with Gasteiger partial charge in [0.05, 0.1) is 0 Å². The first-order valence-electron chi connectivity index (χ1n) is 5.07. The zero-order valence-corrected chi connectivity index (χ0v) is 9.87. The second-order valence-electron chi connectivity index (χ2n) is 3.75. The summed E-state index contributed by atoms with van der Waals surface area (Å²) >= 11 is 3.63. The van der Waals surface area contributed by atoms with Crippen LogP contribution in [0.5, 0.6) is 0 Å². The van der Waals surface area contributed by atoms with E-state index in [1.165, 1.54) is 11.1 Å². The average Bonchev–Trinajstić information content (AvgIpc) is 2.19. The number of hydrogen-bond donors (Lipinski definition) is 3. The lowest BCUT2D eigenvalue weighted by Gasteiger charge is -2.24. The van der Waals surface area contributed by atoms with E-state index in [4.69, 9.17) is 10.2 Å². The SMILES string of the molecule is OC(O)Nc1cccc2c1CCCC2Br. The van der Waals surface area contributed by atoms with Crippen LogP contribution in [0.4, 0.5) is 5.69 Å². The van der Waals surface area contributed by atoms with Crippen LogP contribution < -0.4 is 5.32 Å². The van der Waals surface area contributed by atoms with Crippen molar-refractivity contribution in [2.75, 3.05) is 5.32 Å². The highest BCUT2D eigenvalue weighted by atomic mass is 79.9. The smallest absolute Gasteiger partial charge is 0.232 e. The predicted molar refractivity (Wildman–Crippen MR) is 62.9 cm³/mol. The van der Waals surface area contributed by atoms with Crippen LogP contribution in [0.2, 0.25) is 0 Å². The Morgan fingerprint density at radius 3 is 2.93 bits per heavy atom. The fraction of sp³-hybridized carbons (Fsp3) is 0.455. The molecule has 0 fully saturated rings. The van der Waals surface area contributed by atoms with Gasteiger partial charge in [0, 0.05) is 10.5 Å². The molecule has 1 aliphatic rings. The van der Waals surface area contributed by atoms with Gasteiger partial charge in [0.15, 0.2) is 0 Å². The van der Waals surface area contributed by atoms with Crippen molar-refractivity contribution in [3.05, 3.63) is 29.3 Å². The van der Waals surface area contributed by atoms with Gasteiger partial charge in [0.1, 0.15) is 0 Å². The number of benzene rings is 1. The zero-order chi connectivity index (χ0) is 10.8. The fourth-order valence-electron chi connectivity index (χ4n) is 2.07. The summed E-state index contributed by atoms with van der Waals surface area (Å²) in [6.07, 6.45) is 1.77. The number of rotatable bonds is 2. The third kappa shape index (κ3) is 2.33. The van der Waals surface area contributed by atoms with Crippen LogP contribution in [0.1, 0.15) is 28.8 Å². The van der Waals surface area contributed by atoms with E-state index in [0.717, 1.165) is 24.9 Å². The molecule has 0 spiro atoms. The lowest BCUT2D eigenvalue weighted by Crippen LogP contribution is -2.19. The average molecular weight is 272 g/mol. The molecule has 1 aromatic carbocycles. The molecule has 0 saturated heterocycles. The monoisotopic (exact) mass is 271 g/mol. The number of nitrogens with one attached hydrogen (secondary N) is 1. The summed E-state index contributed by atoms with van der Waals surface area (Å²) in [5, 5.41) is 20.5. The number of aliphatic hydroxyl groups is 2. The Hall–Kier alpha value is -0.580. The second-order valence-corrected chi connectivity index (χ2v) is 4.86. The second kappa shape index (κ2) is 4.51. The molecule has 1 atom stereocenters. The molecule has 0 aromatic heterocycles. The lowest BCUT2D eigenvalue weighted by molar-refractivity contribution is -0.0147. The molecule has 0 saturated carbocycles. The van der Waals surface area contributed by atoms with Crippen molar-refractivity contribution in [1.29, 1.82) is 0 Å². The van der Waals surface area contributed by atoms with Crippen LogP contribution in [0.3, 0.4) is 0 Å². The Balaban J connectivity index is 2.35. The van der Waals surface area contributed by atoms with E-state index in [1.807, 2.05) is 12.1 Å². The molecule has 4 heteroatoms. The third-order valence-electron chi connectivity index (χ3n) is 2.72. The molecule has 3 nitrogen and oxygen atoms in total. The summed E-state index contributed by atoms with van der Waals surface area (Å²) in [6.45, 7) is 0. The number of alkyl halides is 1. The standard InChI is InChI=1S/C11H14BrNO2/c12-9-5-1-4-8-7(9)3-2-6-10(8)13-11(14)15/h2-3,6,9,11,13-15H,1,4-5H2. The number of hydrogen-bond acceptors (Lipinski definition) is 3. The molecule has 1 aliphatic carbocycles. The van der Waals surface area contributed by atoms with Crippen molar-refractivity contribution >= 4 is 21.6 Å². The number of halogens is 1. The van der Waals surface area contributed by atoms with Crippen LogP contribution in [-0.2, 0) is 6.42 Å². The van der Waals surface area contributed by atoms with E-state index < -0.39 is 6.41 Å². The van der Waals surface area contributed by atoms with Crippen molar-refractivity contribution in [3.8, 4) is 0 Å². The van der Waals surface area contributed by atoms with Crippen LogP contribution in [0.15, 0.2) is 18.2 Å². The molecule has 2 rings (SSSR count). The number of aliphatic hydroxyl groups excluding tert-OH is 1. The molecule has 3 N–H and O–H groups in total. The van der Waals surface area contributed by atoms with E-state index >= 15 is 0 Å². The Kier molecular flexibility index (Phi) is 3.29. The Labute approximate surface area is 97.3 Å². The first kappa shape index (κ1) is 10.9. The molecule has 82 valence electrons. The van der Waals surface area contributed by atoms with Gasteiger partial charge in [-0.15, -0.1) is 0 Å². The van der Waals surface area contributed by atoms with Crippen LogP contribution in [0.25, 0.3) is 0 Å². The van der Waals surface area contributed by atoms with E-state index in [0.29, 0.717) is 4.83 Å². The molecular formula is C11H14BrNO2. The van der Waals surface area contributed by atoms with E-state index in [2.05, 4.69) is 27.3 Å². The van der Waals surface area contributed by atoms with Gasteiger partial charge in [-0.25, -0.2) is 0 Å². The summed E-state index contributed by atoms with van der Waals surface area (Å²) in [6, 6.07) is 5.90. The topological polar surface area (TPSA) is 52.5 Å². The highest BCUT2D eigenvalue weighted by Gasteiger charge is 2.20. The fourth-order valence-corrected chi connectivity index (χ4v) is 2.82. The maximum absolute atomic E-state index is 8.91. The molecule has 0 aliphatic heterocycles. The number of anilines is 1. The molecule has 15 heavy (non-hydrogen) atoms. The molecular weight excluding hydrogens is 258 g/mol. The van der Waals surface area contributed by atoms with Gasteiger partial charge in [-0.3, -0.25) is 0 Å². The molecule has 0 radical (unpaired) electrons. The van der Waals surface area contributed by atoms with Crippen LogP contribution >= 0.6 is 15.9 Å². The van der Waals surface area contributed by atoms with Crippen molar-refractivity contribution in [2.45, 2.75) is 30.5 Å². The first-order chi connectivity index (χ1) is 7.18. The van der Waals surface area contributed by atoms with Gasteiger partial charge in [0.2, 0.25) is 6.41 Å². The van der Waals surface area contributed by atoms with Gasteiger partial charge >= 0.3 is 0 Å². The van der Waals surface area contributed by atoms with E-state index in [1.54, 1.807) is 0 Å². The predicted octanol–water partition coefficient (Wildman–Crippen LogP) is 2.14. The minimum atomic E-state index is -1.49. The molecule has 0 amide bonds. The van der Waals surface area contributed by atoms with Gasteiger partial charge < -0.3 is 15.5 Å². The number of fused-ring (bicyclic) bond motifs is 1. The molecule has 0 bridgehead atoms. The van der Waals surface area contributed by atoms with Crippen LogP contribution in [0, 0.1) is 0 Å². The van der Waals surface area contributed by atoms with Gasteiger partial charge in [-0.2, -0.15) is 0 Å². The highest BCUT2D eigenvalue weighted by Crippen LogP contribution is 2.38. The van der Waals surface area contributed by atoms with Crippen molar-refractivity contribution in [1.82, 2.24) is 0 Å². The normalized spacial score (nSPS) is 20.1. The van der Waals surface area contributed by atoms with Crippen molar-refractivity contribution in [2.24, 2.45) is 0 Å². The Morgan fingerprint density at radius 1 is 1.40 bits per heavy atom. The highest BCUT2D eigenvalue weighted by molar-refractivity contribution is 9.09. The molecule has 0 heterocycles. The third-order valence-corrected chi connectivity index (χ3v) is 3.67. The lowest BCUT2D eigenvalue weighted by atomic mass is 9.90. The Bertz CT molecular complexity index is 354. The zero-order valence-electron chi connectivity index (χ0n) is 8.28. The Morgan fingerprint density at radius 2 is 2.20 bits per heavy atom. The summed E-state index contributed by atoms with van der Waals surface area (Å²) in [7, 11) is 0.